The summed E-state index contributed by atoms with van der Waals surface area (Å²) in [7, 11) is 1.61. The highest BCUT2D eigenvalue weighted by Gasteiger charge is 2.35. The number of nitrogens with one attached hydrogen (secondary N) is 1. The Labute approximate surface area is 85.6 Å². The maximum atomic E-state index is 11.1. The third-order valence-corrected chi connectivity index (χ3v) is 2.56. The second-order valence-electron chi connectivity index (χ2n) is 3.60. The minimum atomic E-state index is -0.808. The van der Waals surface area contributed by atoms with Crippen molar-refractivity contribution in [3.05, 3.63) is 0 Å². The minimum absolute atomic E-state index is 0.0519. The van der Waals surface area contributed by atoms with Crippen molar-refractivity contribution in [1.82, 2.24) is 5.32 Å². The van der Waals surface area contributed by atoms with Gasteiger partial charge in [0.2, 0.25) is 0 Å². The lowest BCUT2D eigenvalue weighted by molar-refractivity contribution is -0.145. The van der Waals surface area contributed by atoms with Crippen LogP contribution in [0.2, 0.25) is 0 Å². The van der Waals surface area contributed by atoms with Gasteiger partial charge in [-0.25, -0.2) is 0 Å². The lowest BCUT2D eigenvalue weighted by Crippen LogP contribution is -2.55. The summed E-state index contributed by atoms with van der Waals surface area (Å²) in [5, 5.41) is 12.2. The number of aliphatic carboxylic acids is 1. The molecule has 0 heterocycles. The Bertz CT molecular complexity index is 178. The van der Waals surface area contributed by atoms with Crippen LogP contribution in [0, 0.1) is 0 Å². The number of carboxylic acids is 1. The normalized spacial score (nSPS) is 14.0. The van der Waals surface area contributed by atoms with Gasteiger partial charge in [-0.1, -0.05) is 13.8 Å². The maximum Gasteiger partial charge on any atom is 0.323 e. The highest BCUT2D eigenvalue weighted by Crippen LogP contribution is 2.16. The summed E-state index contributed by atoms with van der Waals surface area (Å²) >= 11 is 0. The highest BCUT2D eigenvalue weighted by molar-refractivity contribution is 5.78. The van der Waals surface area contributed by atoms with Gasteiger partial charge in [-0.05, 0) is 19.8 Å². The fraction of sp³-hybridized carbons (Fsp3) is 0.900. The molecule has 0 aromatic carbocycles. The summed E-state index contributed by atoms with van der Waals surface area (Å²) in [4.78, 5) is 11.1. The largest absolute Gasteiger partial charge is 0.480 e. The van der Waals surface area contributed by atoms with Crippen LogP contribution < -0.4 is 5.32 Å². The van der Waals surface area contributed by atoms with Gasteiger partial charge in [0.15, 0.2) is 0 Å². The fourth-order valence-electron chi connectivity index (χ4n) is 1.58. The third kappa shape index (κ3) is 3.27. The molecule has 0 saturated heterocycles. The molecule has 0 bridgehead atoms. The number of hydrogen-bond donors (Lipinski definition) is 2. The second-order valence-corrected chi connectivity index (χ2v) is 3.60. The van der Waals surface area contributed by atoms with Crippen LogP contribution in [0.1, 0.15) is 33.6 Å². The Morgan fingerprint density at radius 1 is 1.50 bits per heavy atom. The Morgan fingerprint density at radius 3 is 2.29 bits per heavy atom. The summed E-state index contributed by atoms with van der Waals surface area (Å²) in [6.45, 7) is 6.20. The van der Waals surface area contributed by atoms with Crippen molar-refractivity contribution in [2.45, 2.75) is 45.2 Å². The van der Waals surface area contributed by atoms with Crippen LogP contribution in [0.25, 0.3) is 0 Å². The van der Waals surface area contributed by atoms with E-state index in [1.54, 1.807) is 7.11 Å². The van der Waals surface area contributed by atoms with Crippen LogP contribution in [-0.4, -0.2) is 36.4 Å². The molecule has 0 amide bonds. The van der Waals surface area contributed by atoms with Crippen LogP contribution in [-0.2, 0) is 9.53 Å². The molecule has 14 heavy (non-hydrogen) atoms. The van der Waals surface area contributed by atoms with Crippen LogP contribution in [0.4, 0.5) is 0 Å². The van der Waals surface area contributed by atoms with E-state index in [9.17, 15) is 4.79 Å². The van der Waals surface area contributed by atoms with E-state index in [0.717, 1.165) is 0 Å². The summed E-state index contributed by atoms with van der Waals surface area (Å²) in [6, 6.07) is 0.0519. The number of rotatable bonds is 7. The number of ether oxygens (including phenoxy) is 1. The van der Waals surface area contributed by atoms with Crippen LogP contribution in [0.5, 0.6) is 0 Å². The van der Waals surface area contributed by atoms with Gasteiger partial charge >= 0.3 is 5.97 Å². The van der Waals surface area contributed by atoms with Crippen molar-refractivity contribution >= 4 is 5.97 Å². The molecule has 2 N–H and O–H groups in total. The predicted octanol–water partition coefficient (Wildman–Crippen LogP) is 1.25. The third-order valence-electron chi connectivity index (χ3n) is 2.56. The topological polar surface area (TPSA) is 58.6 Å². The van der Waals surface area contributed by atoms with Gasteiger partial charge < -0.3 is 9.84 Å². The zero-order valence-corrected chi connectivity index (χ0v) is 9.46. The van der Waals surface area contributed by atoms with E-state index in [0.29, 0.717) is 19.4 Å². The predicted molar refractivity (Wildman–Crippen MR) is 55.4 cm³/mol. The van der Waals surface area contributed by atoms with Gasteiger partial charge in [0.25, 0.3) is 0 Å². The smallest absolute Gasteiger partial charge is 0.323 e. The highest BCUT2D eigenvalue weighted by atomic mass is 16.5. The van der Waals surface area contributed by atoms with E-state index in [4.69, 9.17) is 9.84 Å². The van der Waals surface area contributed by atoms with Gasteiger partial charge in [-0.3, -0.25) is 10.1 Å². The average molecular weight is 203 g/mol. The van der Waals surface area contributed by atoms with Crippen LogP contribution >= 0.6 is 0 Å². The van der Waals surface area contributed by atoms with E-state index < -0.39 is 11.5 Å². The molecule has 4 nitrogen and oxygen atoms in total. The van der Waals surface area contributed by atoms with Crippen molar-refractivity contribution < 1.29 is 14.6 Å². The summed E-state index contributed by atoms with van der Waals surface area (Å²) in [5.74, 6) is -0.787. The van der Waals surface area contributed by atoms with Crippen molar-refractivity contribution in [2.24, 2.45) is 0 Å². The average Bonchev–Trinajstić information content (AvgIpc) is 2.14. The molecule has 0 fully saturated rings. The van der Waals surface area contributed by atoms with Crippen LogP contribution in [0.3, 0.4) is 0 Å². The second kappa shape index (κ2) is 5.98. The molecule has 0 spiro atoms. The van der Waals surface area contributed by atoms with E-state index >= 15 is 0 Å². The van der Waals surface area contributed by atoms with Gasteiger partial charge in [0, 0.05) is 13.2 Å². The Morgan fingerprint density at radius 2 is 2.00 bits per heavy atom. The fourth-order valence-corrected chi connectivity index (χ4v) is 1.58. The monoisotopic (exact) mass is 203 g/mol. The molecule has 1 unspecified atom stereocenters. The molecule has 4 heteroatoms. The summed E-state index contributed by atoms with van der Waals surface area (Å²) < 4.78 is 4.96. The van der Waals surface area contributed by atoms with Gasteiger partial charge in [0.05, 0.1) is 6.61 Å². The molecule has 0 saturated carbocycles. The van der Waals surface area contributed by atoms with E-state index in [1.165, 1.54) is 0 Å². The summed E-state index contributed by atoms with van der Waals surface area (Å²) in [5.41, 5.74) is -0.808. The number of methoxy groups -OCH3 is 1. The first kappa shape index (κ1) is 13.4. The molecule has 0 aliphatic rings. The number of carboxylic acid groups (broad SMARTS) is 1. The van der Waals surface area contributed by atoms with Crippen molar-refractivity contribution in [2.75, 3.05) is 13.7 Å². The van der Waals surface area contributed by atoms with Crippen LogP contribution in [0.15, 0.2) is 0 Å². The van der Waals surface area contributed by atoms with Crippen molar-refractivity contribution in [3.63, 3.8) is 0 Å². The first-order chi connectivity index (χ1) is 6.52. The first-order valence-corrected chi connectivity index (χ1v) is 5.02. The Kier molecular flexibility index (Phi) is 5.72. The maximum absolute atomic E-state index is 11.1. The zero-order chi connectivity index (χ0) is 11.2. The molecule has 0 aromatic heterocycles. The SMILES string of the molecule is CCC(CC)(NC(C)COC)C(=O)O. The number of hydrogen-bond acceptors (Lipinski definition) is 3. The van der Waals surface area contributed by atoms with E-state index in [1.807, 2.05) is 20.8 Å². The molecular formula is C10H21NO3. The molecule has 0 radical (unpaired) electrons. The quantitative estimate of drug-likeness (QED) is 0.654. The molecule has 1 atom stereocenters. The van der Waals surface area contributed by atoms with E-state index in [-0.39, 0.29) is 6.04 Å². The Hall–Kier alpha value is -0.610. The number of carbonyl (C=O) groups is 1. The zero-order valence-electron chi connectivity index (χ0n) is 9.46. The molecule has 0 aromatic rings. The van der Waals surface area contributed by atoms with Gasteiger partial charge in [-0.15, -0.1) is 0 Å². The van der Waals surface area contributed by atoms with Crippen molar-refractivity contribution in [3.8, 4) is 0 Å². The lowest BCUT2D eigenvalue weighted by Gasteiger charge is -2.31. The van der Waals surface area contributed by atoms with E-state index in [2.05, 4.69) is 5.32 Å². The van der Waals surface area contributed by atoms with Gasteiger partial charge in [-0.2, -0.15) is 0 Å². The van der Waals surface area contributed by atoms with Gasteiger partial charge in [0.1, 0.15) is 5.54 Å². The first-order valence-electron chi connectivity index (χ1n) is 5.02. The standard InChI is InChI=1S/C10H21NO3/c1-5-10(6-2,9(12)13)11-8(3)7-14-4/h8,11H,5-7H2,1-4H3,(H,12,13). The minimum Gasteiger partial charge on any atom is -0.480 e. The Balaban J connectivity index is 4.42. The molecule has 0 aliphatic carbocycles. The summed E-state index contributed by atoms with van der Waals surface area (Å²) in [6.07, 6.45) is 1.15. The molecule has 0 aliphatic heterocycles. The molecule has 0 rings (SSSR count). The molecule has 84 valence electrons. The van der Waals surface area contributed by atoms with Crippen molar-refractivity contribution in [1.29, 1.82) is 0 Å². The lowest BCUT2D eigenvalue weighted by atomic mass is 9.92. The molecular weight excluding hydrogens is 182 g/mol.